The van der Waals surface area contributed by atoms with Crippen molar-refractivity contribution < 1.29 is 9.53 Å². The van der Waals surface area contributed by atoms with E-state index in [1.165, 1.54) is 6.33 Å². The fourth-order valence-corrected chi connectivity index (χ4v) is 3.75. The van der Waals surface area contributed by atoms with Gasteiger partial charge in [0.1, 0.15) is 12.4 Å². The zero-order valence-electron chi connectivity index (χ0n) is 13.5. The van der Waals surface area contributed by atoms with Crippen LogP contribution in [0.2, 0.25) is 0 Å². The first-order chi connectivity index (χ1) is 12.3. The number of esters is 1. The topological polar surface area (TPSA) is 69.0 Å². The van der Waals surface area contributed by atoms with E-state index < -0.39 is 0 Å². The molecule has 0 fully saturated rings. The lowest BCUT2D eigenvalue weighted by atomic mass is 9.97. The largest absolute Gasteiger partial charge is 0.463 e. The second kappa shape index (κ2) is 6.52. The van der Waals surface area contributed by atoms with E-state index in [0.717, 1.165) is 10.4 Å². The van der Waals surface area contributed by atoms with Crippen LogP contribution in [-0.4, -0.2) is 27.3 Å². The lowest BCUT2D eigenvalue weighted by Crippen LogP contribution is -2.29. The highest BCUT2D eigenvalue weighted by atomic mass is 32.1. The van der Waals surface area contributed by atoms with Gasteiger partial charge in [-0.2, -0.15) is 10.1 Å². The first kappa shape index (κ1) is 15.6. The van der Waals surface area contributed by atoms with Gasteiger partial charge in [-0.05, 0) is 23.9 Å². The molecule has 0 aliphatic carbocycles. The SMILES string of the molecule is CCOC(=O)C1=C(c2ccccc2)Nc2ncnn2[C@H]1c1cccs1. The molecular weight excluding hydrogens is 336 g/mol. The predicted molar refractivity (Wildman–Crippen MR) is 96.1 cm³/mol. The van der Waals surface area contributed by atoms with Crippen molar-refractivity contribution in [1.82, 2.24) is 14.8 Å². The number of ether oxygens (including phenoxy) is 1. The van der Waals surface area contributed by atoms with Gasteiger partial charge in [-0.25, -0.2) is 9.48 Å². The van der Waals surface area contributed by atoms with Crippen LogP contribution in [0.1, 0.15) is 23.4 Å². The summed E-state index contributed by atoms with van der Waals surface area (Å²) in [6, 6.07) is 13.3. The molecule has 0 bridgehead atoms. The van der Waals surface area contributed by atoms with E-state index in [2.05, 4.69) is 15.4 Å². The van der Waals surface area contributed by atoms with Crippen LogP contribution in [0.3, 0.4) is 0 Å². The number of anilines is 1. The van der Waals surface area contributed by atoms with E-state index in [1.807, 2.05) is 47.8 Å². The number of carbonyl (C=O) groups is 1. The maximum atomic E-state index is 12.8. The lowest BCUT2D eigenvalue weighted by molar-refractivity contribution is -0.138. The van der Waals surface area contributed by atoms with Gasteiger partial charge in [-0.15, -0.1) is 11.3 Å². The van der Waals surface area contributed by atoms with Gasteiger partial charge < -0.3 is 10.1 Å². The van der Waals surface area contributed by atoms with Crippen molar-refractivity contribution in [3.05, 3.63) is 70.2 Å². The summed E-state index contributed by atoms with van der Waals surface area (Å²) in [5, 5.41) is 9.56. The lowest BCUT2D eigenvalue weighted by Gasteiger charge is -2.28. The first-order valence-corrected chi connectivity index (χ1v) is 8.84. The standard InChI is InChI=1S/C18H16N4O2S/c1-2-24-17(23)14-15(12-7-4-3-5-8-12)21-18-19-11-20-22(18)16(14)13-9-6-10-25-13/h3-11,16H,2H2,1H3,(H,19,20,21)/t16-/m0/s1. The quantitative estimate of drug-likeness (QED) is 0.730. The van der Waals surface area contributed by atoms with E-state index >= 15 is 0 Å². The number of carbonyl (C=O) groups excluding carboxylic acids is 1. The minimum absolute atomic E-state index is 0.311. The second-order valence-electron chi connectivity index (χ2n) is 5.45. The zero-order chi connectivity index (χ0) is 17.2. The Morgan fingerprint density at radius 1 is 1.28 bits per heavy atom. The van der Waals surface area contributed by atoms with Gasteiger partial charge in [-0.3, -0.25) is 0 Å². The summed E-state index contributed by atoms with van der Waals surface area (Å²) in [5.74, 6) is 0.249. The van der Waals surface area contributed by atoms with Gasteiger partial charge >= 0.3 is 5.97 Å². The summed E-state index contributed by atoms with van der Waals surface area (Å²) in [5.41, 5.74) is 2.15. The third-order valence-electron chi connectivity index (χ3n) is 3.97. The number of thiophene rings is 1. The van der Waals surface area contributed by atoms with Crippen LogP contribution in [0.15, 0.2) is 59.7 Å². The molecule has 4 rings (SSSR count). The normalized spacial score (nSPS) is 16.3. The van der Waals surface area contributed by atoms with Crippen LogP contribution in [0.4, 0.5) is 5.95 Å². The number of hydrogen-bond donors (Lipinski definition) is 1. The van der Waals surface area contributed by atoms with Crippen molar-refractivity contribution in [1.29, 1.82) is 0 Å². The molecular formula is C18H16N4O2S. The molecule has 0 amide bonds. The molecule has 1 aromatic carbocycles. The van der Waals surface area contributed by atoms with Gasteiger partial charge in [-0.1, -0.05) is 36.4 Å². The minimum Gasteiger partial charge on any atom is -0.463 e. The van der Waals surface area contributed by atoms with Crippen molar-refractivity contribution in [2.24, 2.45) is 0 Å². The molecule has 0 saturated heterocycles. The number of benzene rings is 1. The summed E-state index contributed by atoms with van der Waals surface area (Å²) in [7, 11) is 0. The maximum absolute atomic E-state index is 12.8. The third-order valence-corrected chi connectivity index (χ3v) is 4.89. The van der Waals surface area contributed by atoms with Crippen LogP contribution in [0.5, 0.6) is 0 Å². The van der Waals surface area contributed by atoms with Crippen molar-refractivity contribution in [2.45, 2.75) is 13.0 Å². The van der Waals surface area contributed by atoms with Crippen LogP contribution in [-0.2, 0) is 9.53 Å². The molecule has 0 unspecified atom stereocenters. The van der Waals surface area contributed by atoms with Gasteiger partial charge in [0.15, 0.2) is 0 Å². The van der Waals surface area contributed by atoms with E-state index in [4.69, 9.17) is 4.74 Å². The Kier molecular flexibility index (Phi) is 4.07. The summed E-state index contributed by atoms with van der Waals surface area (Å²) in [4.78, 5) is 18.1. The summed E-state index contributed by atoms with van der Waals surface area (Å²) >= 11 is 1.57. The Morgan fingerprint density at radius 2 is 2.12 bits per heavy atom. The monoisotopic (exact) mass is 352 g/mol. The van der Waals surface area contributed by atoms with E-state index in [1.54, 1.807) is 22.9 Å². The van der Waals surface area contributed by atoms with Crippen molar-refractivity contribution in [3.8, 4) is 0 Å². The van der Waals surface area contributed by atoms with Crippen molar-refractivity contribution in [2.75, 3.05) is 11.9 Å². The molecule has 0 saturated carbocycles. The molecule has 0 spiro atoms. The highest BCUT2D eigenvalue weighted by Crippen LogP contribution is 2.40. The molecule has 0 radical (unpaired) electrons. The van der Waals surface area contributed by atoms with Crippen molar-refractivity contribution >= 4 is 29.0 Å². The minimum atomic E-state index is -0.368. The highest BCUT2D eigenvalue weighted by molar-refractivity contribution is 7.10. The second-order valence-corrected chi connectivity index (χ2v) is 6.43. The summed E-state index contributed by atoms with van der Waals surface area (Å²) in [6.45, 7) is 2.11. The predicted octanol–water partition coefficient (Wildman–Crippen LogP) is 3.33. The maximum Gasteiger partial charge on any atom is 0.338 e. The molecule has 6 nitrogen and oxygen atoms in total. The molecule has 7 heteroatoms. The molecule has 25 heavy (non-hydrogen) atoms. The zero-order valence-corrected chi connectivity index (χ0v) is 14.4. The molecule has 1 atom stereocenters. The molecule has 1 aliphatic heterocycles. The van der Waals surface area contributed by atoms with Crippen molar-refractivity contribution in [3.63, 3.8) is 0 Å². The number of aromatic nitrogens is 3. The molecule has 3 heterocycles. The van der Waals surface area contributed by atoms with Gasteiger partial charge in [0.25, 0.3) is 0 Å². The third kappa shape index (κ3) is 2.72. The Hall–Kier alpha value is -2.93. The number of hydrogen-bond acceptors (Lipinski definition) is 6. The number of nitrogens with one attached hydrogen (secondary N) is 1. The van der Waals surface area contributed by atoms with Crippen LogP contribution in [0.25, 0.3) is 5.70 Å². The number of rotatable bonds is 4. The van der Waals surface area contributed by atoms with Gasteiger partial charge in [0, 0.05) is 4.88 Å². The summed E-state index contributed by atoms with van der Waals surface area (Å²) in [6.07, 6.45) is 1.49. The average Bonchev–Trinajstić information content (AvgIpc) is 3.32. The van der Waals surface area contributed by atoms with E-state index in [-0.39, 0.29) is 12.0 Å². The molecule has 126 valence electrons. The first-order valence-electron chi connectivity index (χ1n) is 7.96. The van der Waals surface area contributed by atoms with E-state index in [9.17, 15) is 4.79 Å². The molecule has 3 aromatic rings. The number of fused-ring (bicyclic) bond motifs is 1. The average molecular weight is 352 g/mol. The highest BCUT2D eigenvalue weighted by Gasteiger charge is 2.36. The Balaban J connectivity index is 1.95. The molecule has 1 N–H and O–H groups in total. The smallest absolute Gasteiger partial charge is 0.338 e. The Morgan fingerprint density at radius 3 is 2.84 bits per heavy atom. The van der Waals surface area contributed by atoms with Crippen LogP contribution in [0, 0.1) is 0 Å². The molecule has 2 aromatic heterocycles. The van der Waals surface area contributed by atoms with Gasteiger partial charge in [0.05, 0.1) is 17.9 Å². The fourth-order valence-electron chi connectivity index (χ4n) is 2.93. The van der Waals surface area contributed by atoms with Gasteiger partial charge in [0.2, 0.25) is 5.95 Å². The Bertz CT molecular complexity index is 916. The molecule has 1 aliphatic rings. The summed E-state index contributed by atoms with van der Waals surface area (Å²) < 4.78 is 7.09. The van der Waals surface area contributed by atoms with Crippen LogP contribution >= 0.6 is 11.3 Å². The number of nitrogens with zero attached hydrogens (tertiary/aromatic N) is 3. The van der Waals surface area contributed by atoms with E-state index in [0.29, 0.717) is 23.8 Å². The fraction of sp³-hybridized carbons (Fsp3) is 0.167. The van der Waals surface area contributed by atoms with Crippen LogP contribution < -0.4 is 5.32 Å². The Labute approximate surface area is 148 Å².